The molecule has 166 valence electrons. The van der Waals surface area contributed by atoms with E-state index in [1.807, 2.05) is 11.8 Å². The Morgan fingerprint density at radius 1 is 0.688 bits per heavy atom. The van der Waals surface area contributed by atoms with E-state index in [0.717, 1.165) is 51.2 Å². The molecule has 3 nitrogen and oxygen atoms in total. The van der Waals surface area contributed by atoms with Crippen LogP contribution in [-0.2, 0) is 9.54 Å². The van der Waals surface area contributed by atoms with Gasteiger partial charge >= 0.3 is 0 Å². The van der Waals surface area contributed by atoms with Crippen LogP contribution in [0, 0.1) is 0 Å². The monoisotopic (exact) mass is 444 g/mol. The predicted molar refractivity (Wildman–Crippen MR) is 135 cm³/mol. The Kier molecular flexibility index (Phi) is 8.16. The van der Waals surface area contributed by atoms with E-state index in [-0.39, 0.29) is 4.75 Å². The van der Waals surface area contributed by atoms with E-state index in [1.165, 1.54) is 16.7 Å². The van der Waals surface area contributed by atoms with E-state index in [1.54, 1.807) is 0 Å². The molecule has 3 aromatic carbocycles. The van der Waals surface area contributed by atoms with Crippen molar-refractivity contribution in [3.05, 3.63) is 108 Å². The number of piperazine rings is 1. The summed E-state index contributed by atoms with van der Waals surface area (Å²) >= 11 is 2.04. The maximum atomic E-state index is 10.8. The summed E-state index contributed by atoms with van der Waals surface area (Å²) < 4.78 is -0.230. The molecule has 1 saturated heterocycles. The van der Waals surface area contributed by atoms with E-state index in [0.29, 0.717) is 6.54 Å². The van der Waals surface area contributed by atoms with Crippen molar-refractivity contribution in [1.29, 1.82) is 0 Å². The van der Waals surface area contributed by atoms with Crippen LogP contribution in [0.5, 0.6) is 0 Å². The summed E-state index contributed by atoms with van der Waals surface area (Å²) in [6.07, 6.45) is 2.16. The van der Waals surface area contributed by atoms with E-state index in [2.05, 4.69) is 101 Å². The SMILES string of the molecule is O=CCN1CCN(CCCSC(c2ccccc2)(c2ccccc2)c2ccccc2)CC1. The third-order valence-electron chi connectivity index (χ3n) is 6.28. The first kappa shape index (κ1) is 22.8. The average molecular weight is 445 g/mol. The van der Waals surface area contributed by atoms with Crippen molar-refractivity contribution in [3.63, 3.8) is 0 Å². The molecule has 1 heterocycles. The summed E-state index contributed by atoms with van der Waals surface area (Å²) in [5.74, 6) is 1.08. The first-order valence-electron chi connectivity index (χ1n) is 11.5. The summed E-state index contributed by atoms with van der Waals surface area (Å²) in [5, 5.41) is 0. The third-order valence-corrected chi connectivity index (χ3v) is 7.91. The molecule has 0 radical (unpaired) electrons. The molecular weight excluding hydrogens is 412 g/mol. The highest BCUT2D eigenvalue weighted by Gasteiger charge is 2.36. The maximum absolute atomic E-state index is 10.8. The molecule has 0 N–H and O–H groups in total. The second kappa shape index (κ2) is 11.5. The molecule has 0 aliphatic carbocycles. The van der Waals surface area contributed by atoms with Gasteiger partial charge in [0.15, 0.2) is 0 Å². The molecule has 0 amide bonds. The lowest BCUT2D eigenvalue weighted by Gasteiger charge is -2.36. The summed E-state index contributed by atoms with van der Waals surface area (Å²) in [6, 6.07) is 32.8. The van der Waals surface area contributed by atoms with E-state index >= 15 is 0 Å². The zero-order chi connectivity index (χ0) is 22.1. The fraction of sp³-hybridized carbons (Fsp3) is 0.321. The van der Waals surface area contributed by atoms with Gasteiger partial charge in [-0.25, -0.2) is 0 Å². The van der Waals surface area contributed by atoms with Gasteiger partial charge in [0.2, 0.25) is 0 Å². The number of hydrogen-bond acceptors (Lipinski definition) is 4. The van der Waals surface area contributed by atoms with Gasteiger partial charge in [0.05, 0.1) is 11.3 Å². The molecule has 4 rings (SSSR count). The van der Waals surface area contributed by atoms with Crippen molar-refractivity contribution in [1.82, 2.24) is 9.80 Å². The highest BCUT2D eigenvalue weighted by atomic mass is 32.2. The molecule has 0 bridgehead atoms. The van der Waals surface area contributed by atoms with Gasteiger partial charge in [-0.05, 0) is 35.4 Å². The zero-order valence-electron chi connectivity index (χ0n) is 18.6. The number of carbonyl (C=O) groups excluding carboxylic acids is 1. The Hall–Kier alpha value is -2.40. The van der Waals surface area contributed by atoms with Crippen LogP contribution in [0.4, 0.5) is 0 Å². The molecule has 0 spiro atoms. The topological polar surface area (TPSA) is 23.6 Å². The van der Waals surface area contributed by atoms with Crippen molar-refractivity contribution in [2.75, 3.05) is 45.0 Å². The molecule has 0 aromatic heterocycles. The fourth-order valence-electron chi connectivity index (χ4n) is 4.58. The van der Waals surface area contributed by atoms with Crippen molar-refractivity contribution in [2.45, 2.75) is 11.2 Å². The highest BCUT2D eigenvalue weighted by molar-refractivity contribution is 8.00. The van der Waals surface area contributed by atoms with Gasteiger partial charge < -0.3 is 9.69 Å². The lowest BCUT2D eigenvalue weighted by molar-refractivity contribution is -0.109. The Morgan fingerprint density at radius 2 is 1.12 bits per heavy atom. The number of thioether (sulfide) groups is 1. The molecule has 4 heteroatoms. The molecule has 1 aliphatic heterocycles. The smallest absolute Gasteiger partial charge is 0.133 e. The van der Waals surface area contributed by atoms with Crippen LogP contribution in [0.25, 0.3) is 0 Å². The molecule has 3 aromatic rings. The first-order valence-corrected chi connectivity index (χ1v) is 12.5. The quantitative estimate of drug-likeness (QED) is 0.252. The standard InChI is InChI=1S/C28H32N2OS/c31-23-22-30-20-18-29(19-21-30)17-10-24-32-28(25-11-4-1-5-12-25,26-13-6-2-7-14-26)27-15-8-3-9-16-27/h1-9,11-16,23H,10,17-22,24H2. The number of rotatable bonds is 10. The van der Waals surface area contributed by atoms with Crippen LogP contribution in [0.1, 0.15) is 23.1 Å². The summed E-state index contributed by atoms with van der Waals surface area (Å²) in [4.78, 5) is 15.5. The molecular formula is C28H32N2OS. The van der Waals surface area contributed by atoms with Crippen LogP contribution in [-0.4, -0.2) is 61.1 Å². The van der Waals surface area contributed by atoms with E-state index < -0.39 is 0 Å². The van der Waals surface area contributed by atoms with Crippen molar-refractivity contribution in [3.8, 4) is 0 Å². The Bertz CT molecular complexity index is 844. The van der Waals surface area contributed by atoms with Crippen molar-refractivity contribution >= 4 is 18.0 Å². The third kappa shape index (κ3) is 5.32. The van der Waals surface area contributed by atoms with Crippen molar-refractivity contribution in [2.24, 2.45) is 0 Å². The van der Waals surface area contributed by atoms with Gasteiger partial charge in [-0.1, -0.05) is 91.0 Å². The zero-order valence-corrected chi connectivity index (χ0v) is 19.4. The van der Waals surface area contributed by atoms with Crippen LogP contribution < -0.4 is 0 Å². The first-order chi connectivity index (χ1) is 15.8. The highest BCUT2D eigenvalue weighted by Crippen LogP contribution is 2.48. The van der Waals surface area contributed by atoms with Crippen LogP contribution in [0.2, 0.25) is 0 Å². The molecule has 32 heavy (non-hydrogen) atoms. The maximum Gasteiger partial charge on any atom is 0.133 e. The largest absolute Gasteiger partial charge is 0.302 e. The number of nitrogens with zero attached hydrogens (tertiary/aromatic N) is 2. The number of benzene rings is 3. The second-order valence-electron chi connectivity index (χ2n) is 8.29. The Morgan fingerprint density at radius 3 is 1.56 bits per heavy atom. The summed E-state index contributed by atoms with van der Waals surface area (Å²) in [7, 11) is 0. The number of hydrogen-bond donors (Lipinski definition) is 0. The van der Waals surface area contributed by atoms with Gasteiger partial charge in [-0.2, -0.15) is 0 Å². The minimum Gasteiger partial charge on any atom is -0.302 e. The van der Waals surface area contributed by atoms with Gasteiger partial charge in [-0.15, -0.1) is 11.8 Å². The predicted octanol–water partition coefficient (Wildman–Crippen LogP) is 4.92. The van der Waals surface area contributed by atoms with Gasteiger partial charge in [0, 0.05) is 26.2 Å². The molecule has 0 unspecified atom stereocenters. The van der Waals surface area contributed by atoms with Gasteiger partial charge in [0.25, 0.3) is 0 Å². The summed E-state index contributed by atoms with van der Waals surface area (Å²) in [6.45, 7) is 5.77. The molecule has 0 saturated carbocycles. The molecule has 1 fully saturated rings. The van der Waals surface area contributed by atoms with E-state index in [4.69, 9.17) is 0 Å². The number of carbonyl (C=O) groups is 1. The fourth-order valence-corrected chi connectivity index (χ4v) is 6.07. The van der Waals surface area contributed by atoms with Crippen LogP contribution in [0.15, 0.2) is 91.0 Å². The average Bonchev–Trinajstić information content (AvgIpc) is 2.87. The lowest BCUT2D eigenvalue weighted by Crippen LogP contribution is -2.47. The number of aldehydes is 1. The normalized spacial score (nSPS) is 15.5. The molecule has 0 atom stereocenters. The Balaban J connectivity index is 1.52. The second-order valence-corrected chi connectivity index (χ2v) is 9.60. The van der Waals surface area contributed by atoms with E-state index in [9.17, 15) is 4.79 Å². The van der Waals surface area contributed by atoms with Gasteiger partial charge in [-0.3, -0.25) is 4.90 Å². The lowest BCUT2D eigenvalue weighted by atomic mass is 9.84. The minimum absolute atomic E-state index is 0.230. The minimum atomic E-state index is -0.230. The van der Waals surface area contributed by atoms with Crippen molar-refractivity contribution < 1.29 is 4.79 Å². The van der Waals surface area contributed by atoms with Crippen LogP contribution in [0.3, 0.4) is 0 Å². The van der Waals surface area contributed by atoms with Crippen LogP contribution >= 0.6 is 11.8 Å². The molecule has 1 aliphatic rings. The Labute approximate surface area is 196 Å². The van der Waals surface area contributed by atoms with Gasteiger partial charge in [0.1, 0.15) is 6.29 Å². The summed E-state index contributed by atoms with van der Waals surface area (Å²) in [5.41, 5.74) is 3.97.